The van der Waals surface area contributed by atoms with Crippen molar-refractivity contribution < 1.29 is 22.7 Å². The molecular formula is C17H18ClN3O5S. The molecule has 144 valence electrons. The predicted octanol–water partition coefficient (Wildman–Crippen LogP) is 2.02. The lowest BCUT2D eigenvalue weighted by Crippen LogP contribution is -2.40. The summed E-state index contributed by atoms with van der Waals surface area (Å²) in [6, 6.07) is 7.39. The van der Waals surface area contributed by atoms with Gasteiger partial charge in [0.1, 0.15) is 16.3 Å². The van der Waals surface area contributed by atoms with Gasteiger partial charge in [-0.25, -0.2) is 8.42 Å². The van der Waals surface area contributed by atoms with Crippen LogP contribution in [0.15, 0.2) is 41.4 Å². The number of nitrogens with zero attached hydrogens (tertiary/aromatic N) is 2. The van der Waals surface area contributed by atoms with Gasteiger partial charge in [-0.15, -0.1) is 0 Å². The van der Waals surface area contributed by atoms with Crippen molar-refractivity contribution in [2.24, 2.45) is 0 Å². The summed E-state index contributed by atoms with van der Waals surface area (Å²) in [4.78, 5) is 16.3. The maximum atomic E-state index is 13.0. The van der Waals surface area contributed by atoms with Crippen LogP contribution in [-0.2, 0) is 14.8 Å². The summed E-state index contributed by atoms with van der Waals surface area (Å²) < 4.78 is 37.7. The van der Waals surface area contributed by atoms with Gasteiger partial charge in [-0.2, -0.15) is 4.31 Å². The highest BCUT2D eigenvalue weighted by Gasteiger charge is 2.29. The molecule has 0 unspecified atom stereocenters. The third-order valence-electron chi connectivity index (χ3n) is 3.96. The van der Waals surface area contributed by atoms with Gasteiger partial charge in [-0.05, 0) is 30.3 Å². The van der Waals surface area contributed by atoms with Crippen LogP contribution in [0.5, 0.6) is 5.75 Å². The third kappa shape index (κ3) is 4.38. The number of nitrogens with one attached hydrogen (secondary N) is 1. The molecule has 1 fully saturated rings. The number of amides is 1. The Labute approximate surface area is 162 Å². The molecule has 0 spiro atoms. The van der Waals surface area contributed by atoms with Crippen molar-refractivity contribution in [3.8, 4) is 5.75 Å². The van der Waals surface area contributed by atoms with Crippen molar-refractivity contribution in [3.63, 3.8) is 0 Å². The number of morpholine rings is 1. The van der Waals surface area contributed by atoms with E-state index in [0.717, 1.165) is 0 Å². The fourth-order valence-electron chi connectivity index (χ4n) is 2.61. The van der Waals surface area contributed by atoms with Gasteiger partial charge in [-0.3, -0.25) is 9.78 Å². The standard InChI is InChI=1S/C17H18ClN3O5S/c1-25-15-3-2-13(20-17(22)14-10-12(18)4-5-19-14)11-16(15)27(23,24)21-6-8-26-9-7-21/h2-5,10-11H,6-9H2,1H3,(H,20,22). The van der Waals surface area contributed by atoms with Crippen LogP contribution in [0.3, 0.4) is 0 Å². The molecule has 1 aromatic carbocycles. The van der Waals surface area contributed by atoms with Crippen molar-refractivity contribution in [1.82, 2.24) is 9.29 Å². The van der Waals surface area contributed by atoms with Gasteiger partial charge in [0, 0.05) is 30.0 Å². The Bertz CT molecular complexity index is 945. The molecule has 1 aliphatic heterocycles. The number of halogens is 1. The highest BCUT2D eigenvalue weighted by atomic mass is 35.5. The molecule has 0 saturated carbocycles. The van der Waals surface area contributed by atoms with E-state index in [2.05, 4.69) is 10.3 Å². The van der Waals surface area contributed by atoms with Crippen LogP contribution >= 0.6 is 11.6 Å². The Morgan fingerprint density at radius 1 is 1.26 bits per heavy atom. The largest absolute Gasteiger partial charge is 0.495 e. The number of rotatable bonds is 5. The average Bonchev–Trinajstić information content (AvgIpc) is 2.68. The molecule has 0 bridgehead atoms. The molecule has 1 saturated heterocycles. The van der Waals surface area contributed by atoms with Crippen LogP contribution in [0.2, 0.25) is 5.02 Å². The third-order valence-corrected chi connectivity index (χ3v) is 6.12. The molecule has 8 nitrogen and oxygen atoms in total. The van der Waals surface area contributed by atoms with Gasteiger partial charge in [0.2, 0.25) is 10.0 Å². The molecule has 27 heavy (non-hydrogen) atoms. The number of sulfonamides is 1. The molecule has 2 aromatic rings. The number of benzene rings is 1. The quantitative estimate of drug-likeness (QED) is 0.808. The Hall–Kier alpha value is -2.20. The minimum Gasteiger partial charge on any atom is -0.495 e. The molecule has 0 aliphatic carbocycles. The number of carbonyl (C=O) groups excluding carboxylic acids is 1. The second kappa shape index (κ2) is 8.22. The topological polar surface area (TPSA) is 97.8 Å². The summed E-state index contributed by atoms with van der Waals surface area (Å²) in [5, 5.41) is 3.00. The molecule has 1 aliphatic rings. The summed E-state index contributed by atoms with van der Waals surface area (Å²) >= 11 is 5.87. The first-order chi connectivity index (χ1) is 12.9. The first kappa shape index (κ1) is 19.6. The normalized spacial score (nSPS) is 15.3. The number of hydrogen-bond donors (Lipinski definition) is 1. The summed E-state index contributed by atoms with van der Waals surface area (Å²) in [6.45, 7) is 1.18. The van der Waals surface area contributed by atoms with Gasteiger partial charge >= 0.3 is 0 Å². The van der Waals surface area contributed by atoms with Gasteiger partial charge in [0.15, 0.2) is 0 Å². The molecule has 0 radical (unpaired) electrons. The minimum absolute atomic E-state index is 0.0243. The Morgan fingerprint density at radius 3 is 2.67 bits per heavy atom. The molecule has 3 rings (SSSR count). The molecule has 0 atom stereocenters. The fourth-order valence-corrected chi connectivity index (χ4v) is 4.36. The fraction of sp³-hybridized carbons (Fsp3) is 0.294. The molecular weight excluding hydrogens is 394 g/mol. The zero-order valence-electron chi connectivity index (χ0n) is 14.5. The molecule has 1 N–H and O–H groups in total. The summed E-state index contributed by atoms with van der Waals surface area (Å²) in [5.41, 5.74) is 0.422. The van der Waals surface area contributed by atoms with Crippen LogP contribution in [0, 0.1) is 0 Å². The molecule has 2 heterocycles. The lowest BCUT2D eigenvalue weighted by atomic mass is 10.2. The van der Waals surface area contributed by atoms with E-state index in [1.54, 1.807) is 12.1 Å². The van der Waals surface area contributed by atoms with Crippen molar-refractivity contribution in [1.29, 1.82) is 0 Å². The average molecular weight is 412 g/mol. The highest BCUT2D eigenvalue weighted by molar-refractivity contribution is 7.89. The maximum absolute atomic E-state index is 13.0. The molecule has 10 heteroatoms. The summed E-state index contributed by atoms with van der Waals surface area (Å²) in [7, 11) is -2.40. The van der Waals surface area contributed by atoms with Crippen molar-refractivity contribution in [2.75, 3.05) is 38.7 Å². The van der Waals surface area contributed by atoms with Crippen LogP contribution in [0.4, 0.5) is 5.69 Å². The number of pyridine rings is 1. The van der Waals surface area contributed by atoms with Crippen LogP contribution in [-0.4, -0.2) is 57.0 Å². The lowest BCUT2D eigenvalue weighted by Gasteiger charge is -2.26. The van der Waals surface area contributed by atoms with E-state index in [1.165, 1.54) is 35.8 Å². The van der Waals surface area contributed by atoms with E-state index in [4.69, 9.17) is 21.1 Å². The second-order valence-electron chi connectivity index (χ2n) is 5.70. The van der Waals surface area contributed by atoms with E-state index in [-0.39, 0.29) is 29.4 Å². The van der Waals surface area contributed by atoms with Gasteiger partial charge < -0.3 is 14.8 Å². The zero-order valence-corrected chi connectivity index (χ0v) is 16.1. The predicted molar refractivity (Wildman–Crippen MR) is 99.8 cm³/mol. The molecule has 1 amide bonds. The number of aromatic nitrogens is 1. The number of anilines is 1. The van der Waals surface area contributed by atoms with E-state index < -0.39 is 15.9 Å². The smallest absolute Gasteiger partial charge is 0.274 e. The Morgan fingerprint density at radius 2 is 2.00 bits per heavy atom. The van der Waals surface area contributed by atoms with Gasteiger partial charge in [0.25, 0.3) is 5.91 Å². The van der Waals surface area contributed by atoms with Gasteiger partial charge in [-0.1, -0.05) is 11.6 Å². The van der Waals surface area contributed by atoms with E-state index in [0.29, 0.717) is 23.9 Å². The maximum Gasteiger partial charge on any atom is 0.274 e. The Balaban J connectivity index is 1.90. The number of methoxy groups -OCH3 is 1. The zero-order chi connectivity index (χ0) is 19.4. The molecule has 1 aromatic heterocycles. The van der Waals surface area contributed by atoms with E-state index in [1.807, 2.05) is 0 Å². The van der Waals surface area contributed by atoms with Crippen molar-refractivity contribution in [3.05, 3.63) is 47.2 Å². The number of carbonyl (C=O) groups is 1. The minimum atomic E-state index is -3.79. The summed E-state index contributed by atoms with van der Waals surface area (Å²) in [6.07, 6.45) is 1.42. The van der Waals surface area contributed by atoms with E-state index >= 15 is 0 Å². The summed E-state index contributed by atoms with van der Waals surface area (Å²) in [5.74, 6) is -0.308. The highest BCUT2D eigenvalue weighted by Crippen LogP contribution is 2.30. The van der Waals surface area contributed by atoms with Crippen LogP contribution in [0.25, 0.3) is 0 Å². The SMILES string of the molecule is COc1ccc(NC(=O)c2cc(Cl)ccn2)cc1S(=O)(=O)N1CCOCC1. The van der Waals surface area contributed by atoms with E-state index in [9.17, 15) is 13.2 Å². The lowest BCUT2D eigenvalue weighted by molar-refractivity contribution is 0.0729. The van der Waals surface area contributed by atoms with Crippen LogP contribution in [0.1, 0.15) is 10.5 Å². The number of ether oxygens (including phenoxy) is 2. The number of hydrogen-bond acceptors (Lipinski definition) is 6. The van der Waals surface area contributed by atoms with Gasteiger partial charge in [0.05, 0.1) is 20.3 Å². The second-order valence-corrected chi connectivity index (χ2v) is 8.04. The van der Waals surface area contributed by atoms with Crippen LogP contribution < -0.4 is 10.1 Å². The van der Waals surface area contributed by atoms with Crippen molar-refractivity contribution in [2.45, 2.75) is 4.90 Å². The first-order valence-electron chi connectivity index (χ1n) is 8.10. The van der Waals surface area contributed by atoms with Crippen molar-refractivity contribution >= 4 is 33.2 Å². The monoisotopic (exact) mass is 411 g/mol. The first-order valence-corrected chi connectivity index (χ1v) is 9.92. The Kier molecular flexibility index (Phi) is 5.95.